The summed E-state index contributed by atoms with van der Waals surface area (Å²) in [4.78, 5) is 10.7. The molecule has 0 radical (unpaired) electrons. The highest BCUT2D eigenvalue weighted by Crippen LogP contribution is 2.06. The zero-order valence-corrected chi connectivity index (χ0v) is 6.85. The van der Waals surface area contributed by atoms with E-state index in [0.29, 0.717) is 5.82 Å². The van der Waals surface area contributed by atoms with Gasteiger partial charge in [0.1, 0.15) is 12.7 Å². The minimum Gasteiger partial charge on any atom is -0.223 e. The van der Waals surface area contributed by atoms with Crippen LogP contribution < -0.4 is 0 Å². The SMILES string of the molecule is Cc1cnc(F)nc1-n1cncn1. The summed E-state index contributed by atoms with van der Waals surface area (Å²) in [6.07, 6.45) is 3.45. The predicted octanol–water partition coefficient (Wildman–Crippen LogP) is 0.505. The molecule has 0 atom stereocenters. The van der Waals surface area contributed by atoms with Crippen LogP contribution in [0.2, 0.25) is 0 Å². The number of rotatable bonds is 1. The van der Waals surface area contributed by atoms with Gasteiger partial charge in [-0.3, -0.25) is 0 Å². The molecule has 0 N–H and O–H groups in total. The minimum absolute atomic E-state index is 0.407. The molecule has 0 saturated heterocycles. The van der Waals surface area contributed by atoms with Crippen molar-refractivity contribution in [1.82, 2.24) is 24.7 Å². The van der Waals surface area contributed by atoms with E-state index < -0.39 is 6.08 Å². The van der Waals surface area contributed by atoms with Gasteiger partial charge in [0.25, 0.3) is 0 Å². The molecule has 0 aliphatic rings. The Kier molecular flexibility index (Phi) is 1.73. The standard InChI is InChI=1S/C7H6FN5/c1-5-2-10-7(8)12-6(5)13-4-9-3-11-13/h2-4H,1H3. The lowest BCUT2D eigenvalue weighted by atomic mass is 10.3. The number of aromatic nitrogens is 5. The molecule has 2 rings (SSSR count). The minimum atomic E-state index is -0.767. The van der Waals surface area contributed by atoms with Gasteiger partial charge in [-0.05, 0) is 6.92 Å². The highest BCUT2D eigenvalue weighted by Gasteiger charge is 2.05. The zero-order valence-electron chi connectivity index (χ0n) is 6.85. The van der Waals surface area contributed by atoms with Crippen LogP contribution in [0.3, 0.4) is 0 Å². The van der Waals surface area contributed by atoms with Crippen LogP contribution in [-0.4, -0.2) is 24.7 Å². The van der Waals surface area contributed by atoms with Crippen molar-refractivity contribution in [3.8, 4) is 5.82 Å². The van der Waals surface area contributed by atoms with Crippen molar-refractivity contribution in [3.63, 3.8) is 0 Å². The molecule has 6 heteroatoms. The maximum Gasteiger partial charge on any atom is 0.310 e. The number of nitrogens with zero attached hydrogens (tertiary/aromatic N) is 5. The van der Waals surface area contributed by atoms with Crippen molar-refractivity contribution < 1.29 is 4.39 Å². The summed E-state index contributed by atoms with van der Waals surface area (Å²) in [6, 6.07) is 0. The maximum absolute atomic E-state index is 12.7. The van der Waals surface area contributed by atoms with E-state index in [1.165, 1.54) is 23.5 Å². The van der Waals surface area contributed by atoms with Crippen LogP contribution in [0.15, 0.2) is 18.9 Å². The zero-order chi connectivity index (χ0) is 9.26. The quantitative estimate of drug-likeness (QED) is 0.598. The molecule has 0 aliphatic carbocycles. The van der Waals surface area contributed by atoms with Gasteiger partial charge < -0.3 is 0 Å². The van der Waals surface area contributed by atoms with E-state index in [0.717, 1.165) is 5.56 Å². The lowest BCUT2D eigenvalue weighted by Crippen LogP contribution is -2.04. The second-order valence-corrected chi connectivity index (χ2v) is 2.49. The first kappa shape index (κ1) is 7.78. The second-order valence-electron chi connectivity index (χ2n) is 2.49. The first-order valence-corrected chi connectivity index (χ1v) is 3.61. The van der Waals surface area contributed by atoms with Gasteiger partial charge in [0, 0.05) is 11.8 Å². The Morgan fingerprint density at radius 1 is 1.46 bits per heavy atom. The average Bonchev–Trinajstić information content (AvgIpc) is 2.61. The average molecular weight is 179 g/mol. The molecule has 0 fully saturated rings. The van der Waals surface area contributed by atoms with Gasteiger partial charge in [0.2, 0.25) is 0 Å². The van der Waals surface area contributed by atoms with Gasteiger partial charge in [-0.25, -0.2) is 14.6 Å². The molecule has 0 aliphatic heterocycles. The fourth-order valence-corrected chi connectivity index (χ4v) is 0.962. The molecule has 0 aromatic carbocycles. The highest BCUT2D eigenvalue weighted by molar-refractivity contribution is 5.27. The Balaban J connectivity index is 2.57. The largest absolute Gasteiger partial charge is 0.310 e. The van der Waals surface area contributed by atoms with Crippen LogP contribution in [-0.2, 0) is 0 Å². The van der Waals surface area contributed by atoms with Gasteiger partial charge in [-0.15, -0.1) is 0 Å². The number of aryl methyl sites for hydroxylation is 1. The fourth-order valence-electron chi connectivity index (χ4n) is 0.962. The molecule has 13 heavy (non-hydrogen) atoms. The van der Waals surface area contributed by atoms with E-state index in [9.17, 15) is 4.39 Å². The molecule has 2 aromatic heterocycles. The maximum atomic E-state index is 12.7. The normalized spacial score (nSPS) is 10.3. The van der Waals surface area contributed by atoms with Crippen molar-refractivity contribution in [1.29, 1.82) is 0 Å². The van der Waals surface area contributed by atoms with Crippen molar-refractivity contribution in [3.05, 3.63) is 30.5 Å². The van der Waals surface area contributed by atoms with E-state index in [1.54, 1.807) is 6.92 Å². The van der Waals surface area contributed by atoms with Crippen LogP contribution in [0.25, 0.3) is 5.82 Å². The van der Waals surface area contributed by atoms with Crippen LogP contribution in [0, 0.1) is 13.0 Å². The summed E-state index contributed by atoms with van der Waals surface area (Å²) < 4.78 is 14.0. The summed E-state index contributed by atoms with van der Waals surface area (Å²) in [6.45, 7) is 1.77. The summed E-state index contributed by atoms with van der Waals surface area (Å²) >= 11 is 0. The van der Waals surface area contributed by atoms with Crippen LogP contribution in [0.5, 0.6) is 0 Å². The van der Waals surface area contributed by atoms with Crippen molar-refractivity contribution >= 4 is 0 Å². The first-order chi connectivity index (χ1) is 6.27. The third kappa shape index (κ3) is 1.37. The summed E-state index contributed by atoms with van der Waals surface area (Å²) in [5.74, 6) is 0.407. The molecule has 0 amide bonds. The van der Waals surface area contributed by atoms with Gasteiger partial charge in [-0.1, -0.05) is 0 Å². The number of hydrogen-bond donors (Lipinski definition) is 0. The van der Waals surface area contributed by atoms with Crippen molar-refractivity contribution in [2.24, 2.45) is 0 Å². The van der Waals surface area contributed by atoms with Crippen molar-refractivity contribution in [2.45, 2.75) is 6.92 Å². The molecular formula is C7H6FN5. The van der Waals surface area contributed by atoms with Crippen LogP contribution in [0.4, 0.5) is 4.39 Å². The van der Waals surface area contributed by atoms with Crippen LogP contribution in [0.1, 0.15) is 5.56 Å². The van der Waals surface area contributed by atoms with Gasteiger partial charge in [-0.2, -0.15) is 14.5 Å². The Hall–Kier alpha value is -1.85. The lowest BCUT2D eigenvalue weighted by molar-refractivity contribution is 0.531. The molecule has 2 heterocycles. The van der Waals surface area contributed by atoms with Crippen LogP contribution >= 0.6 is 0 Å². The summed E-state index contributed by atoms with van der Waals surface area (Å²) in [7, 11) is 0. The Morgan fingerprint density at radius 3 is 3.00 bits per heavy atom. The Morgan fingerprint density at radius 2 is 2.31 bits per heavy atom. The van der Waals surface area contributed by atoms with E-state index in [2.05, 4.69) is 20.1 Å². The predicted molar refractivity (Wildman–Crippen MR) is 41.6 cm³/mol. The van der Waals surface area contributed by atoms with Gasteiger partial charge >= 0.3 is 6.08 Å². The third-order valence-electron chi connectivity index (χ3n) is 1.55. The fraction of sp³-hybridized carbons (Fsp3) is 0.143. The van der Waals surface area contributed by atoms with Gasteiger partial charge in [0.15, 0.2) is 5.82 Å². The summed E-state index contributed by atoms with van der Waals surface area (Å²) in [5.41, 5.74) is 0.743. The van der Waals surface area contributed by atoms with E-state index in [1.807, 2.05) is 0 Å². The molecule has 2 aromatic rings. The number of hydrogen-bond acceptors (Lipinski definition) is 4. The molecular weight excluding hydrogens is 173 g/mol. The molecule has 0 unspecified atom stereocenters. The van der Waals surface area contributed by atoms with E-state index >= 15 is 0 Å². The van der Waals surface area contributed by atoms with E-state index in [4.69, 9.17) is 0 Å². The highest BCUT2D eigenvalue weighted by atomic mass is 19.1. The van der Waals surface area contributed by atoms with E-state index in [-0.39, 0.29) is 0 Å². The second kappa shape index (κ2) is 2.89. The molecule has 0 bridgehead atoms. The van der Waals surface area contributed by atoms with Crippen molar-refractivity contribution in [2.75, 3.05) is 0 Å². The Bertz CT molecular complexity index is 411. The molecule has 0 saturated carbocycles. The first-order valence-electron chi connectivity index (χ1n) is 3.61. The topological polar surface area (TPSA) is 56.5 Å². The molecule has 66 valence electrons. The molecule has 5 nitrogen and oxygen atoms in total. The lowest BCUT2D eigenvalue weighted by Gasteiger charge is -2.01. The molecule has 0 spiro atoms. The monoisotopic (exact) mass is 179 g/mol. The smallest absolute Gasteiger partial charge is 0.223 e. The van der Waals surface area contributed by atoms with Gasteiger partial charge in [0.05, 0.1) is 0 Å². The Labute approximate surface area is 73.3 Å². The third-order valence-corrected chi connectivity index (χ3v) is 1.55. The summed E-state index contributed by atoms with van der Waals surface area (Å²) in [5, 5.41) is 3.84. The number of halogens is 1.